The van der Waals surface area contributed by atoms with E-state index in [4.69, 9.17) is 0 Å². The van der Waals surface area contributed by atoms with Crippen LogP contribution >= 0.6 is 11.8 Å². The minimum Gasteiger partial charge on any atom is -0.335 e. The summed E-state index contributed by atoms with van der Waals surface area (Å²) in [4.78, 5) is 13.5. The van der Waals surface area contributed by atoms with Crippen molar-refractivity contribution in [3.05, 3.63) is 99.7 Å². The lowest BCUT2D eigenvalue weighted by Crippen LogP contribution is -2.63. The Labute approximate surface area is 258 Å². The van der Waals surface area contributed by atoms with Crippen LogP contribution in [0.4, 0.5) is 10.2 Å². The maximum absolute atomic E-state index is 14.0. The molecule has 4 heterocycles. The van der Waals surface area contributed by atoms with Crippen molar-refractivity contribution in [3.63, 3.8) is 0 Å². The fourth-order valence-corrected chi connectivity index (χ4v) is 8.88. The molecule has 2 aliphatic heterocycles. The van der Waals surface area contributed by atoms with Gasteiger partial charge in [0, 0.05) is 51.2 Å². The standard InChI is InChI=1S/C31H40FN7O2S2/c1-5-9-30(35-29-10-7-8-15-34-29)42-31(6-2)43(40,41)37-16-17-38-26(20-37)19-36(4)21-28(38)27-18-33-22-39(27)23(3)24-11-13-25(32)14-12-24/h6-15,18,22-23,26,28H,5,16-17,19-21H2,1-4H3,(H,34,35)/b30-9-,31-6+/t23-,26?,28?/m1/s1. The number of rotatable bonds is 10. The van der Waals surface area contributed by atoms with E-state index in [2.05, 4.69) is 43.6 Å². The number of nitrogens with zero attached hydrogens (tertiary/aromatic N) is 6. The summed E-state index contributed by atoms with van der Waals surface area (Å²) < 4.78 is 45.6. The molecule has 1 N–H and O–H groups in total. The third kappa shape index (κ3) is 7.04. The van der Waals surface area contributed by atoms with Crippen molar-refractivity contribution in [3.8, 4) is 0 Å². The zero-order chi connectivity index (χ0) is 30.6. The Kier molecular flexibility index (Phi) is 10.0. The molecule has 0 spiro atoms. The third-order valence-electron chi connectivity index (χ3n) is 8.05. The number of sulfonamides is 1. The highest BCUT2D eigenvalue weighted by molar-refractivity contribution is 8.20. The summed E-state index contributed by atoms with van der Waals surface area (Å²) in [7, 11) is -1.63. The van der Waals surface area contributed by atoms with Gasteiger partial charge in [-0.2, -0.15) is 4.31 Å². The second-order valence-corrected chi connectivity index (χ2v) is 14.2. The summed E-state index contributed by atoms with van der Waals surface area (Å²) in [6.07, 6.45) is 9.87. The topological polar surface area (TPSA) is 86.6 Å². The first-order valence-electron chi connectivity index (χ1n) is 14.6. The van der Waals surface area contributed by atoms with Gasteiger partial charge in [-0.05, 0) is 57.1 Å². The number of hydrogen-bond acceptors (Lipinski definition) is 8. The van der Waals surface area contributed by atoms with Gasteiger partial charge >= 0.3 is 0 Å². The number of aromatic nitrogens is 3. The van der Waals surface area contributed by atoms with E-state index in [1.54, 1.807) is 23.5 Å². The number of thioether (sulfide) groups is 1. The highest BCUT2D eigenvalue weighted by Crippen LogP contribution is 2.37. The van der Waals surface area contributed by atoms with Crippen LogP contribution in [-0.4, -0.2) is 82.9 Å². The minimum absolute atomic E-state index is 0.0233. The van der Waals surface area contributed by atoms with E-state index in [-0.39, 0.29) is 23.9 Å². The smallest absolute Gasteiger partial charge is 0.249 e. The van der Waals surface area contributed by atoms with Crippen LogP contribution in [0.1, 0.15) is 50.5 Å². The van der Waals surface area contributed by atoms with Crippen LogP contribution < -0.4 is 5.32 Å². The lowest BCUT2D eigenvalue weighted by atomic mass is 10.0. The molecule has 43 heavy (non-hydrogen) atoms. The van der Waals surface area contributed by atoms with Crippen LogP contribution in [0.3, 0.4) is 0 Å². The van der Waals surface area contributed by atoms with E-state index in [1.165, 1.54) is 23.9 Å². The van der Waals surface area contributed by atoms with Gasteiger partial charge < -0.3 is 14.8 Å². The Hall–Kier alpha value is -3.03. The number of anilines is 1. The van der Waals surface area contributed by atoms with Gasteiger partial charge in [-0.1, -0.05) is 49.0 Å². The van der Waals surface area contributed by atoms with Gasteiger partial charge in [-0.3, -0.25) is 4.90 Å². The molecule has 0 bridgehead atoms. The normalized spacial score (nSPS) is 21.9. The number of fused-ring (bicyclic) bond motifs is 1. The van der Waals surface area contributed by atoms with Gasteiger partial charge in [-0.25, -0.2) is 22.8 Å². The molecule has 5 rings (SSSR count). The first-order chi connectivity index (χ1) is 20.7. The van der Waals surface area contributed by atoms with E-state index >= 15 is 0 Å². The SMILES string of the molecule is C/C=C(\S/C(=C\CC)Nc1ccccn1)S(=O)(=O)N1CCN2C(CN(C)CC2c2cncn2[C@H](C)c2ccc(F)cc2)C1. The molecule has 0 aliphatic carbocycles. The zero-order valence-electron chi connectivity index (χ0n) is 25.1. The molecule has 1 aromatic carbocycles. The van der Waals surface area contributed by atoms with Crippen molar-refractivity contribution < 1.29 is 12.8 Å². The van der Waals surface area contributed by atoms with Crippen molar-refractivity contribution in [2.75, 3.05) is 45.1 Å². The molecule has 2 aromatic heterocycles. The van der Waals surface area contributed by atoms with Gasteiger partial charge in [0.1, 0.15) is 15.9 Å². The molecule has 230 valence electrons. The fourth-order valence-electron chi connectivity index (χ4n) is 5.89. The summed E-state index contributed by atoms with van der Waals surface area (Å²) in [5, 5.41) is 4.00. The number of benzene rings is 1. The molecule has 2 saturated heterocycles. The Morgan fingerprint density at radius 1 is 1.16 bits per heavy atom. The number of imidazole rings is 1. The highest BCUT2D eigenvalue weighted by atomic mass is 32.3. The third-order valence-corrected chi connectivity index (χ3v) is 11.6. The molecular weight excluding hydrogens is 586 g/mol. The highest BCUT2D eigenvalue weighted by Gasteiger charge is 2.42. The van der Waals surface area contributed by atoms with Crippen LogP contribution in [0.5, 0.6) is 0 Å². The largest absolute Gasteiger partial charge is 0.335 e. The number of allylic oxidation sites excluding steroid dienone is 2. The lowest BCUT2D eigenvalue weighted by Gasteiger charge is -2.50. The fraction of sp³-hybridized carbons (Fsp3) is 0.419. The van der Waals surface area contributed by atoms with Crippen molar-refractivity contribution in [2.45, 2.75) is 45.3 Å². The number of pyridine rings is 1. The monoisotopic (exact) mass is 625 g/mol. The maximum Gasteiger partial charge on any atom is 0.249 e. The van der Waals surface area contributed by atoms with Gasteiger partial charge in [0.05, 0.1) is 29.1 Å². The average Bonchev–Trinajstić information content (AvgIpc) is 3.49. The van der Waals surface area contributed by atoms with Crippen molar-refractivity contribution in [2.24, 2.45) is 0 Å². The van der Waals surface area contributed by atoms with Crippen LogP contribution in [-0.2, 0) is 10.0 Å². The molecule has 12 heteroatoms. The Bertz CT molecular complexity index is 1540. The van der Waals surface area contributed by atoms with Crippen molar-refractivity contribution in [1.82, 2.24) is 28.6 Å². The van der Waals surface area contributed by atoms with Crippen LogP contribution in [0.2, 0.25) is 0 Å². The summed E-state index contributed by atoms with van der Waals surface area (Å²) in [6, 6.07) is 12.2. The van der Waals surface area contributed by atoms with Crippen molar-refractivity contribution >= 4 is 27.6 Å². The molecular formula is C31H40FN7O2S2. The Balaban J connectivity index is 1.33. The van der Waals surface area contributed by atoms with Crippen LogP contribution in [0.25, 0.3) is 0 Å². The summed E-state index contributed by atoms with van der Waals surface area (Å²) in [5.74, 6) is 0.411. The Morgan fingerprint density at radius 2 is 1.95 bits per heavy atom. The maximum atomic E-state index is 14.0. The van der Waals surface area contributed by atoms with E-state index < -0.39 is 10.0 Å². The molecule has 2 unspecified atom stereocenters. The number of likely N-dealkylation sites (N-methyl/N-ethyl adjacent to an activating group) is 1. The minimum atomic E-state index is -3.72. The van der Waals surface area contributed by atoms with E-state index in [1.807, 2.05) is 55.9 Å². The van der Waals surface area contributed by atoms with E-state index in [0.717, 1.165) is 35.8 Å². The van der Waals surface area contributed by atoms with E-state index in [0.29, 0.717) is 29.7 Å². The van der Waals surface area contributed by atoms with E-state index in [9.17, 15) is 12.8 Å². The van der Waals surface area contributed by atoms with Gasteiger partial charge in [0.2, 0.25) is 10.0 Å². The summed E-state index contributed by atoms with van der Waals surface area (Å²) >= 11 is 1.22. The molecule has 0 saturated carbocycles. The number of piperazine rings is 2. The molecule has 3 atom stereocenters. The zero-order valence-corrected chi connectivity index (χ0v) is 26.7. The second-order valence-electron chi connectivity index (χ2n) is 11.0. The number of halogens is 1. The number of hydrogen-bond donors (Lipinski definition) is 1. The lowest BCUT2D eigenvalue weighted by molar-refractivity contribution is -0.00295. The molecule has 9 nitrogen and oxygen atoms in total. The Morgan fingerprint density at radius 3 is 2.65 bits per heavy atom. The predicted molar refractivity (Wildman–Crippen MR) is 171 cm³/mol. The molecule has 2 fully saturated rings. The molecule has 0 radical (unpaired) electrons. The molecule has 3 aromatic rings. The number of nitrogens with one attached hydrogen (secondary N) is 1. The van der Waals surface area contributed by atoms with Gasteiger partial charge in [-0.15, -0.1) is 0 Å². The molecule has 0 amide bonds. The van der Waals surface area contributed by atoms with Gasteiger partial charge in [0.15, 0.2) is 0 Å². The summed E-state index contributed by atoms with van der Waals surface area (Å²) in [5.41, 5.74) is 2.08. The van der Waals surface area contributed by atoms with Crippen LogP contribution in [0, 0.1) is 5.82 Å². The quantitative estimate of drug-likeness (QED) is 0.326. The first-order valence-corrected chi connectivity index (χ1v) is 16.9. The summed E-state index contributed by atoms with van der Waals surface area (Å²) in [6.45, 7) is 8.88. The van der Waals surface area contributed by atoms with Gasteiger partial charge in [0.25, 0.3) is 0 Å². The van der Waals surface area contributed by atoms with Crippen LogP contribution in [0.15, 0.2) is 82.6 Å². The molecule has 2 aliphatic rings. The average molecular weight is 626 g/mol. The second kappa shape index (κ2) is 13.7. The first kappa shape index (κ1) is 31.4. The van der Waals surface area contributed by atoms with Crippen molar-refractivity contribution in [1.29, 1.82) is 0 Å². The predicted octanol–water partition coefficient (Wildman–Crippen LogP) is 5.29.